The van der Waals surface area contributed by atoms with Gasteiger partial charge in [-0.25, -0.2) is 12.8 Å². The zero-order chi connectivity index (χ0) is 16.2. The van der Waals surface area contributed by atoms with Gasteiger partial charge < -0.3 is 10.3 Å². The summed E-state index contributed by atoms with van der Waals surface area (Å²) in [5.41, 5.74) is 5.58. The van der Waals surface area contributed by atoms with Gasteiger partial charge in [-0.15, -0.1) is 4.40 Å². The first-order chi connectivity index (χ1) is 10.4. The van der Waals surface area contributed by atoms with Crippen molar-refractivity contribution in [2.45, 2.75) is 12.3 Å². The van der Waals surface area contributed by atoms with Crippen LogP contribution in [0.3, 0.4) is 0 Å². The van der Waals surface area contributed by atoms with E-state index in [9.17, 15) is 17.6 Å². The van der Waals surface area contributed by atoms with Crippen LogP contribution in [-0.2, 0) is 27.1 Å². The molecule has 0 fully saturated rings. The number of rotatable bonds is 5. The van der Waals surface area contributed by atoms with Gasteiger partial charge in [0.15, 0.2) is 0 Å². The van der Waals surface area contributed by atoms with Crippen molar-refractivity contribution in [3.05, 3.63) is 65.5 Å². The van der Waals surface area contributed by atoms with Crippen LogP contribution in [0.1, 0.15) is 5.56 Å². The molecule has 0 saturated carbocycles. The molecule has 0 aliphatic rings. The van der Waals surface area contributed by atoms with Crippen molar-refractivity contribution >= 4 is 15.9 Å². The van der Waals surface area contributed by atoms with E-state index in [0.717, 1.165) is 16.8 Å². The lowest BCUT2D eigenvalue weighted by Gasteiger charge is -2.05. The van der Waals surface area contributed by atoms with E-state index < -0.39 is 21.7 Å². The number of halogens is 1. The summed E-state index contributed by atoms with van der Waals surface area (Å²) < 4.78 is 42.1. The van der Waals surface area contributed by atoms with Crippen molar-refractivity contribution in [2.24, 2.45) is 10.1 Å². The van der Waals surface area contributed by atoms with E-state index in [1.54, 1.807) is 30.3 Å². The van der Waals surface area contributed by atoms with Gasteiger partial charge in [0.05, 0.1) is 5.75 Å². The lowest BCUT2D eigenvalue weighted by Crippen LogP contribution is -2.29. The van der Waals surface area contributed by atoms with Gasteiger partial charge in [-0.2, -0.15) is 0 Å². The van der Waals surface area contributed by atoms with Gasteiger partial charge in [0.1, 0.15) is 17.8 Å². The van der Waals surface area contributed by atoms with E-state index in [4.69, 9.17) is 5.73 Å². The second-order valence-corrected chi connectivity index (χ2v) is 6.24. The maximum Gasteiger partial charge on any atom is 0.259 e. The maximum absolute atomic E-state index is 13.2. The van der Waals surface area contributed by atoms with Gasteiger partial charge in [0, 0.05) is 6.20 Å². The Balaban J connectivity index is 2.41. The lowest BCUT2D eigenvalue weighted by atomic mass is 10.2. The molecule has 1 heterocycles. The minimum atomic E-state index is -3.83. The van der Waals surface area contributed by atoms with Crippen molar-refractivity contribution in [1.82, 2.24) is 4.57 Å². The first-order valence-corrected chi connectivity index (χ1v) is 7.93. The quantitative estimate of drug-likeness (QED) is 0.870. The summed E-state index contributed by atoms with van der Waals surface area (Å²) in [6, 6.07) is 10.8. The molecule has 22 heavy (non-hydrogen) atoms. The molecule has 2 N–H and O–H groups in total. The normalized spacial score (nSPS) is 12.3. The minimum absolute atomic E-state index is 0.0591. The topological polar surface area (TPSA) is 94.5 Å². The van der Waals surface area contributed by atoms with Gasteiger partial charge in [-0.05, 0) is 17.7 Å². The van der Waals surface area contributed by atoms with Crippen LogP contribution in [0.4, 0.5) is 4.39 Å². The number of amides is 1. The molecule has 6 nitrogen and oxygen atoms in total. The number of primary amides is 1. The van der Waals surface area contributed by atoms with Crippen molar-refractivity contribution < 1.29 is 17.6 Å². The molecule has 1 aromatic carbocycles. The van der Waals surface area contributed by atoms with Crippen molar-refractivity contribution in [2.75, 3.05) is 0 Å². The predicted molar refractivity (Wildman–Crippen MR) is 78.2 cm³/mol. The largest absolute Gasteiger partial charge is 0.368 e. The molecule has 8 heteroatoms. The highest BCUT2D eigenvalue weighted by atomic mass is 32.2. The standard InChI is InChI=1S/C14H14FN3O3S/c15-12-6-7-14(18(8-12)9-13(16)19)17-22(20,21)10-11-4-2-1-3-5-11/h1-8H,9-10H2,(H2,16,19). The molecule has 2 aromatic rings. The van der Waals surface area contributed by atoms with Crippen LogP contribution in [0.2, 0.25) is 0 Å². The van der Waals surface area contributed by atoms with E-state index in [1.807, 2.05) is 0 Å². The molecule has 116 valence electrons. The first-order valence-electron chi connectivity index (χ1n) is 6.33. The molecule has 2 rings (SSSR count). The third-order valence-electron chi connectivity index (χ3n) is 2.72. The number of hydrogen-bond acceptors (Lipinski definition) is 3. The monoisotopic (exact) mass is 323 g/mol. The second-order valence-electron chi connectivity index (χ2n) is 4.60. The smallest absolute Gasteiger partial charge is 0.259 e. The van der Waals surface area contributed by atoms with Crippen molar-refractivity contribution in [1.29, 1.82) is 0 Å². The Morgan fingerprint density at radius 1 is 1.18 bits per heavy atom. The summed E-state index contributed by atoms with van der Waals surface area (Å²) in [4.78, 5) is 11.0. The SMILES string of the molecule is NC(=O)Cn1cc(F)ccc1=NS(=O)(=O)Cc1ccccc1. The van der Waals surface area contributed by atoms with E-state index in [1.165, 1.54) is 6.07 Å². The van der Waals surface area contributed by atoms with Crippen LogP contribution in [0, 0.1) is 5.82 Å². The molecule has 0 aliphatic carbocycles. The van der Waals surface area contributed by atoms with Gasteiger partial charge in [0.2, 0.25) is 5.91 Å². The number of hydrogen-bond donors (Lipinski definition) is 1. The summed E-state index contributed by atoms with van der Waals surface area (Å²) in [7, 11) is -3.83. The van der Waals surface area contributed by atoms with Crippen molar-refractivity contribution in [3.8, 4) is 0 Å². The molecule has 0 spiro atoms. The fourth-order valence-corrected chi connectivity index (χ4v) is 2.97. The Kier molecular flexibility index (Phi) is 4.71. The molecule has 0 unspecified atom stereocenters. The summed E-state index contributed by atoms with van der Waals surface area (Å²) in [5.74, 6) is -1.64. The average molecular weight is 323 g/mol. The van der Waals surface area contributed by atoms with Gasteiger partial charge >= 0.3 is 0 Å². The summed E-state index contributed by atoms with van der Waals surface area (Å²) in [6.07, 6.45) is 0.974. The van der Waals surface area contributed by atoms with Crippen LogP contribution < -0.4 is 11.2 Å². The number of carbonyl (C=O) groups excluding carboxylic acids is 1. The van der Waals surface area contributed by atoms with E-state index in [-0.39, 0.29) is 17.8 Å². The molecule has 0 radical (unpaired) electrons. The fraction of sp³-hybridized carbons (Fsp3) is 0.143. The number of nitrogens with two attached hydrogens (primary N) is 1. The van der Waals surface area contributed by atoms with E-state index in [0.29, 0.717) is 5.56 Å². The summed E-state index contributed by atoms with van der Waals surface area (Å²) >= 11 is 0. The molecule has 1 aromatic heterocycles. The molecular weight excluding hydrogens is 309 g/mol. The maximum atomic E-state index is 13.2. The second kappa shape index (κ2) is 6.52. The zero-order valence-corrected chi connectivity index (χ0v) is 12.3. The molecular formula is C14H14FN3O3S. The number of nitrogens with zero attached hydrogens (tertiary/aromatic N) is 2. The number of carbonyl (C=O) groups is 1. The number of aromatic nitrogens is 1. The van der Waals surface area contributed by atoms with E-state index in [2.05, 4.69) is 4.40 Å². The van der Waals surface area contributed by atoms with Crippen LogP contribution in [0.5, 0.6) is 0 Å². The molecule has 0 atom stereocenters. The highest BCUT2D eigenvalue weighted by Gasteiger charge is 2.10. The Bertz CT molecular complexity index is 845. The summed E-state index contributed by atoms with van der Waals surface area (Å²) in [6.45, 7) is -0.364. The first kappa shape index (κ1) is 15.9. The van der Waals surface area contributed by atoms with Crippen LogP contribution in [-0.4, -0.2) is 18.9 Å². The van der Waals surface area contributed by atoms with Crippen LogP contribution >= 0.6 is 0 Å². The van der Waals surface area contributed by atoms with Crippen LogP contribution in [0.15, 0.2) is 53.1 Å². The number of sulfonamides is 1. The fourth-order valence-electron chi connectivity index (χ4n) is 1.84. The Morgan fingerprint density at radius 2 is 1.86 bits per heavy atom. The summed E-state index contributed by atoms with van der Waals surface area (Å²) in [5, 5.41) is 0. The zero-order valence-electron chi connectivity index (χ0n) is 11.5. The average Bonchev–Trinajstić information content (AvgIpc) is 2.42. The van der Waals surface area contributed by atoms with Gasteiger partial charge in [-0.3, -0.25) is 4.79 Å². The van der Waals surface area contributed by atoms with Gasteiger partial charge in [0.25, 0.3) is 10.0 Å². The molecule has 1 amide bonds. The number of benzene rings is 1. The highest BCUT2D eigenvalue weighted by molar-refractivity contribution is 7.89. The third-order valence-corrected chi connectivity index (χ3v) is 3.88. The Labute approximate surface area is 126 Å². The number of pyridine rings is 1. The highest BCUT2D eigenvalue weighted by Crippen LogP contribution is 2.06. The minimum Gasteiger partial charge on any atom is -0.368 e. The van der Waals surface area contributed by atoms with E-state index >= 15 is 0 Å². The van der Waals surface area contributed by atoms with Crippen LogP contribution in [0.25, 0.3) is 0 Å². The predicted octanol–water partition coefficient (Wildman–Crippen LogP) is 0.543. The molecule has 0 aliphatic heterocycles. The van der Waals surface area contributed by atoms with Gasteiger partial charge in [-0.1, -0.05) is 30.3 Å². The van der Waals surface area contributed by atoms with Crippen molar-refractivity contribution in [3.63, 3.8) is 0 Å². The molecule has 0 saturated heterocycles. The third kappa shape index (κ3) is 4.52. The Hall–Kier alpha value is -2.48. The Morgan fingerprint density at radius 3 is 2.50 bits per heavy atom. The molecule has 0 bridgehead atoms. The lowest BCUT2D eigenvalue weighted by molar-refractivity contribution is -0.118.